The first-order valence-electron chi connectivity index (χ1n) is 8.49. The third-order valence-corrected chi connectivity index (χ3v) is 6.44. The summed E-state index contributed by atoms with van der Waals surface area (Å²) < 4.78 is 22.6. The van der Waals surface area contributed by atoms with E-state index in [4.69, 9.17) is 11.6 Å². The van der Waals surface area contributed by atoms with Crippen LogP contribution in [0.1, 0.15) is 17.5 Å². The topological polar surface area (TPSA) is 92.3 Å². The summed E-state index contributed by atoms with van der Waals surface area (Å²) in [6, 6.07) is 12.3. The maximum absolute atomic E-state index is 12.2. The van der Waals surface area contributed by atoms with Crippen LogP contribution in [0.5, 0.6) is 0 Å². The Morgan fingerprint density at radius 3 is 2.54 bits per heavy atom. The number of carbonyl (C=O) groups is 2. The largest absolute Gasteiger partial charge is 0.352 e. The third-order valence-electron chi connectivity index (χ3n) is 4.07. The molecule has 1 atom stereocenters. The molecular formula is C19H19ClN2O4S2. The van der Waals surface area contributed by atoms with Gasteiger partial charge in [0.25, 0.3) is 0 Å². The van der Waals surface area contributed by atoms with Crippen LogP contribution in [0.4, 0.5) is 5.69 Å². The fourth-order valence-corrected chi connectivity index (χ4v) is 4.82. The minimum Gasteiger partial charge on any atom is -0.352 e. The molecule has 2 aromatic carbocycles. The van der Waals surface area contributed by atoms with E-state index in [1.54, 1.807) is 36.4 Å². The van der Waals surface area contributed by atoms with Gasteiger partial charge in [-0.15, -0.1) is 11.8 Å². The predicted molar refractivity (Wildman–Crippen MR) is 111 cm³/mol. The highest BCUT2D eigenvalue weighted by molar-refractivity contribution is 8.01. The second-order valence-corrected chi connectivity index (χ2v) is 10.4. The SMILES string of the molecule is CS(=O)(=O)Cc1ccc(CNC(=O)CC2Sc3ccc(Cl)cc3NC2=O)cc1. The Morgan fingerprint density at radius 1 is 1.18 bits per heavy atom. The average molecular weight is 439 g/mol. The number of halogens is 1. The van der Waals surface area contributed by atoms with Crippen molar-refractivity contribution in [2.75, 3.05) is 11.6 Å². The lowest BCUT2D eigenvalue weighted by atomic mass is 10.1. The number of hydrogen-bond donors (Lipinski definition) is 2. The predicted octanol–water partition coefficient (Wildman–Crippen LogP) is 3.00. The maximum atomic E-state index is 12.2. The number of fused-ring (bicyclic) bond motifs is 1. The van der Waals surface area contributed by atoms with Crippen molar-refractivity contribution in [3.63, 3.8) is 0 Å². The van der Waals surface area contributed by atoms with Gasteiger partial charge in [0.2, 0.25) is 11.8 Å². The molecule has 2 N–H and O–H groups in total. The molecule has 0 aliphatic carbocycles. The first-order chi connectivity index (χ1) is 13.2. The van der Waals surface area contributed by atoms with E-state index >= 15 is 0 Å². The standard InChI is InChI=1S/C19H19ClN2O4S2/c1-28(25,26)11-13-4-2-12(3-5-13)10-21-18(23)9-17-19(24)22-15-8-14(20)6-7-16(15)27-17/h2-8,17H,9-11H2,1H3,(H,21,23)(H,22,24). The Bertz CT molecular complexity index is 1010. The van der Waals surface area contributed by atoms with Gasteiger partial charge in [0.05, 0.1) is 16.7 Å². The number of rotatable bonds is 6. The van der Waals surface area contributed by atoms with Crippen LogP contribution in [0, 0.1) is 0 Å². The van der Waals surface area contributed by atoms with Crippen LogP contribution in [-0.2, 0) is 31.7 Å². The Labute approximate surface area is 173 Å². The Morgan fingerprint density at radius 2 is 1.86 bits per heavy atom. The van der Waals surface area contributed by atoms with Gasteiger partial charge >= 0.3 is 0 Å². The van der Waals surface area contributed by atoms with E-state index < -0.39 is 15.1 Å². The van der Waals surface area contributed by atoms with Crippen LogP contribution >= 0.6 is 23.4 Å². The molecular weight excluding hydrogens is 420 g/mol. The van der Waals surface area contributed by atoms with Crippen LogP contribution in [-0.4, -0.2) is 31.7 Å². The maximum Gasteiger partial charge on any atom is 0.238 e. The molecule has 148 valence electrons. The highest BCUT2D eigenvalue weighted by Gasteiger charge is 2.29. The molecule has 2 aromatic rings. The average Bonchev–Trinajstić information content (AvgIpc) is 2.61. The molecule has 2 amide bonds. The molecule has 6 nitrogen and oxygen atoms in total. The van der Waals surface area contributed by atoms with Gasteiger partial charge in [-0.25, -0.2) is 8.42 Å². The van der Waals surface area contributed by atoms with Crippen LogP contribution in [0.15, 0.2) is 47.4 Å². The van der Waals surface area contributed by atoms with Crippen LogP contribution < -0.4 is 10.6 Å². The third kappa shape index (κ3) is 5.73. The summed E-state index contributed by atoms with van der Waals surface area (Å²) in [4.78, 5) is 25.3. The second kappa shape index (κ2) is 8.55. The summed E-state index contributed by atoms with van der Waals surface area (Å²) in [5.41, 5.74) is 2.21. The summed E-state index contributed by atoms with van der Waals surface area (Å²) in [6.45, 7) is 0.309. The second-order valence-electron chi connectivity index (χ2n) is 6.60. The molecule has 1 heterocycles. The van der Waals surface area contributed by atoms with Crippen molar-refractivity contribution >= 4 is 50.7 Å². The quantitative estimate of drug-likeness (QED) is 0.723. The number of nitrogens with one attached hydrogen (secondary N) is 2. The zero-order valence-corrected chi connectivity index (χ0v) is 17.5. The lowest BCUT2D eigenvalue weighted by Gasteiger charge is -2.23. The Kier molecular flexibility index (Phi) is 6.32. The van der Waals surface area contributed by atoms with Crippen LogP contribution in [0.3, 0.4) is 0 Å². The van der Waals surface area contributed by atoms with Gasteiger partial charge in [-0.05, 0) is 29.3 Å². The molecule has 1 aliphatic heterocycles. The van der Waals surface area contributed by atoms with Gasteiger partial charge < -0.3 is 10.6 Å². The van der Waals surface area contributed by atoms with Crippen molar-refractivity contribution in [1.82, 2.24) is 5.32 Å². The number of benzene rings is 2. The summed E-state index contributed by atoms with van der Waals surface area (Å²) in [6.07, 6.45) is 1.25. The zero-order valence-electron chi connectivity index (χ0n) is 15.1. The molecule has 1 aliphatic rings. The van der Waals surface area contributed by atoms with Crippen molar-refractivity contribution in [2.24, 2.45) is 0 Å². The molecule has 0 saturated heterocycles. The number of sulfone groups is 1. The van der Waals surface area contributed by atoms with E-state index in [9.17, 15) is 18.0 Å². The fourth-order valence-electron chi connectivity index (χ4n) is 2.75. The van der Waals surface area contributed by atoms with E-state index in [0.29, 0.717) is 22.8 Å². The number of carbonyl (C=O) groups excluding carboxylic acids is 2. The minimum atomic E-state index is -3.08. The number of thioether (sulfide) groups is 1. The van der Waals surface area contributed by atoms with Gasteiger partial charge in [-0.2, -0.15) is 0 Å². The van der Waals surface area contributed by atoms with Crippen LogP contribution in [0.25, 0.3) is 0 Å². The van der Waals surface area contributed by atoms with Gasteiger partial charge in [0.15, 0.2) is 9.84 Å². The minimum absolute atomic E-state index is 0.0136. The molecule has 0 fully saturated rings. The number of anilines is 1. The summed E-state index contributed by atoms with van der Waals surface area (Å²) in [7, 11) is -3.08. The smallest absolute Gasteiger partial charge is 0.238 e. The van der Waals surface area contributed by atoms with Crippen molar-refractivity contribution in [1.29, 1.82) is 0 Å². The van der Waals surface area contributed by atoms with Gasteiger partial charge in [0.1, 0.15) is 0 Å². The van der Waals surface area contributed by atoms with E-state index in [1.165, 1.54) is 18.0 Å². The lowest BCUT2D eigenvalue weighted by molar-refractivity contribution is -0.124. The number of hydrogen-bond acceptors (Lipinski definition) is 5. The summed E-state index contributed by atoms with van der Waals surface area (Å²) >= 11 is 7.27. The monoisotopic (exact) mass is 438 g/mol. The van der Waals surface area contributed by atoms with Gasteiger partial charge in [0, 0.05) is 29.1 Å². The summed E-state index contributed by atoms with van der Waals surface area (Å²) in [5.74, 6) is -0.467. The first kappa shape index (κ1) is 20.7. The van der Waals surface area contributed by atoms with E-state index in [2.05, 4.69) is 10.6 Å². The normalized spacial score (nSPS) is 16.2. The molecule has 0 radical (unpaired) electrons. The first-order valence-corrected chi connectivity index (χ1v) is 11.8. The molecule has 0 bridgehead atoms. The van der Waals surface area contributed by atoms with E-state index in [-0.39, 0.29) is 24.0 Å². The Hall–Kier alpha value is -2.03. The van der Waals surface area contributed by atoms with Gasteiger partial charge in [-0.3, -0.25) is 9.59 Å². The molecule has 1 unspecified atom stereocenters. The number of amides is 2. The van der Waals surface area contributed by atoms with Crippen molar-refractivity contribution in [2.45, 2.75) is 28.9 Å². The molecule has 3 rings (SSSR count). The molecule has 0 saturated carbocycles. The zero-order chi connectivity index (χ0) is 20.3. The van der Waals surface area contributed by atoms with Crippen molar-refractivity contribution < 1.29 is 18.0 Å². The highest BCUT2D eigenvalue weighted by Crippen LogP contribution is 2.38. The fraction of sp³-hybridized carbons (Fsp3) is 0.263. The highest BCUT2D eigenvalue weighted by atomic mass is 35.5. The van der Waals surface area contributed by atoms with Gasteiger partial charge in [-0.1, -0.05) is 35.9 Å². The van der Waals surface area contributed by atoms with Crippen molar-refractivity contribution in [3.8, 4) is 0 Å². The van der Waals surface area contributed by atoms with E-state index in [1.807, 2.05) is 6.07 Å². The Balaban J connectivity index is 1.53. The van der Waals surface area contributed by atoms with E-state index in [0.717, 1.165) is 10.5 Å². The summed E-state index contributed by atoms with van der Waals surface area (Å²) in [5, 5.41) is 5.61. The molecule has 9 heteroatoms. The van der Waals surface area contributed by atoms with Crippen molar-refractivity contribution in [3.05, 3.63) is 58.6 Å². The van der Waals surface area contributed by atoms with Crippen LogP contribution in [0.2, 0.25) is 5.02 Å². The lowest BCUT2D eigenvalue weighted by Crippen LogP contribution is -2.34. The molecule has 28 heavy (non-hydrogen) atoms. The molecule has 0 aromatic heterocycles. The molecule has 0 spiro atoms.